The third-order valence-corrected chi connectivity index (χ3v) is 4.69. The second-order valence-corrected chi connectivity index (χ2v) is 6.62. The summed E-state index contributed by atoms with van der Waals surface area (Å²) in [6.45, 7) is 6.55. The van der Waals surface area contributed by atoms with Gasteiger partial charge >= 0.3 is 0 Å². The van der Waals surface area contributed by atoms with E-state index in [1.165, 1.54) is 43.7 Å². The number of piperazine rings is 1. The lowest BCUT2D eigenvalue weighted by Gasteiger charge is -2.37. The van der Waals surface area contributed by atoms with Gasteiger partial charge in [0.2, 0.25) is 0 Å². The predicted molar refractivity (Wildman–Crippen MR) is 83.4 cm³/mol. The molecule has 0 radical (unpaired) electrons. The minimum absolute atomic E-state index is 0.616. The fraction of sp³-hybridized carbons (Fsp3) is 0.600. The normalized spacial score (nSPS) is 20.8. The van der Waals surface area contributed by atoms with Gasteiger partial charge in [-0.2, -0.15) is 0 Å². The lowest BCUT2D eigenvalue weighted by molar-refractivity contribution is 0.248. The summed E-state index contributed by atoms with van der Waals surface area (Å²) in [6.07, 6.45) is 2.90. The van der Waals surface area contributed by atoms with Gasteiger partial charge in [-0.05, 0) is 36.5 Å². The van der Waals surface area contributed by atoms with E-state index in [9.17, 15) is 0 Å². The van der Waals surface area contributed by atoms with E-state index in [1.54, 1.807) is 0 Å². The molecule has 2 N–H and O–H groups in total. The standard InChI is InChI=1S/C15H22BrN3/c16-14-4-3-13(10-17)15(9-14)19-7-5-18(6-8-19)11-12-1-2-12/h3-4,9,12H,1-2,5-8,10-11,17H2. The first-order valence-corrected chi connectivity index (χ1v) is 8.01. The summed E-state index contributed by atoms with van der Waals surface area (Å²) in [5.74, 6) is 0.997. The van der Waals surface area contributed by atoms with Gasteiger partial charge in [-0.1, -0.05) is 22.0 Å². The van der Waals surface area contributed by atoms with Gasteiger partial charge in [0.15, 0.2) is 0 Å². The summed E-state index contributed by atoms with van der Waals surface area (Å²) < 4.78 is 1.14. The molecule has 4 heteroatoms. The second kappa shape index (κ2) is 5.81. The van der Waals surface area contributed by atoms with E-state index in [-0.39, 0.29) is 0 Å². The molecule has 3 rings (SSSR count). The maximum absolute atomic E-state index is 5.86. The monoisotopic (exact) mass is 323 g/mol. The van der Waals surface area contributed by atoms with Crippen molar-refractivity contribution in [2.75, 3.05) is 37.6 Å². The Balaban J connectivity index is 1.65. The van der Waals surface area contributed by atoms with Crippen LogP contribution in [0.4, 0.5) is 5.69 Å². The Morgan fingerprint density at radius 3 is 2.53 bits per heavy atom. The van der Waals surface area contributed by atoms with E-state index < -0.39 is 0 Å². The van der Waals surface area contributed by atoms with Gasteiger partial charge in [-0.3, -0.25) is 4.90 Å². The minimum atomic E-state index is 0.616. The zero-order valence-corrected chi connectivity index (χ0v) is 12.9. The Labute approximate surface area is 123 Å². The molecule has 3 nitrogen and oxygen atoms in total. The molecule has 0 unspecified atom stereocenters. The third kappa shape index (κ3) is 3.30. The van der Waals surface area contributed by atoms with Crippen molar-refractivity contribution >= 4 is 21.6 Å². The van der Waals surface area contributed by atoms with Crippen LogP contribution >= 0.6 is 15.9 Å². The van der Waals surface area contributed by atoms with Crippen molar-refractivity contribution in [2.45, 2.75) is 19.4 Å². The summed E-state index contributed by atoms with van der Waals surface area (Å²) in [5.41, 5.74) is 8.41. The summed E-state index contributed by atoms with van der Waals surface area (Å²) in [7, 11) is 0. The molecular weight excluding hydrogens is 302 g/mol. The van der Waals surface area contributed by atoms with Gasteiger partial charge in [0.1, 0.15) is 0 Å². The average molecular weight is 324 g/mol. The molecule has 1 saturated heterocycles. The molecule has 19 heavy (non-hydrogen) atoms. The van der Waals surface area contributed by atoms with Crippen LogP contribution in [0.25, 0.3) is 0 Å². The Kier molecular flexibility index (Phi) is 4.10. The number of nitrogens with zero attached hydrogens (tertiary/aromatic N) is 2. The van der Waals surface area contributed by atoms with Gasteiger partial charge in [0, 0.05) is 49.4 Å². The van der Waals surface area contributed by atoms with Gasteiger partial charge in [0.25, 0.3) is 0 Å². The zero-order chi connectivity index (χ0) is 13.2. The molecule has 0 amide bonds. The van der Waals surface area contributed by atoms with E-state index in [0.717, 1.165) is 23.5 Å². The van der Waals surface area contributed by atoms with Crippen molar-refractivity contribution < 1.29 is 0 Å². The lowest BCUT2D eigenvalue weighted by atomic mass is 10.1. The molecular formula is C15H22BrN3. The maximum Gasteiger partial charge on any atom is 0.0423 e. The molecule has 1 aliphatic heterocycles. The van der Waals surface area contributed by atoms with Crippen LogP contribution in [0.15, 0.2) is 22.7 Å². The van der Waals surface area contributed by atoms with Crippen LogP contribution in [0.2, 0.25) is 0 Å². The molecule has 0 bridgehead atoms. The number of hydrogen-bond donors (Lipinski definition) is 1. The summed E-state index contributed by atoms with van der Waals surface area (Å²) in [4.78, 5) is 5.10. The summed E-state index contributed by atoms with van der Waals surface area (Å²) in [5, 5.41) is 0. The molecule has 2 fully saturated rings. The molecule has 1 saturated carbocycles. The largest absolute Gasteiger partial charge is 0.369 e. The van der Waals surface area contributed by atoms with Crippen LogP contribution in [0.1, 0.15) is 18.4 Å². The van der Waals surface area contributed by atoms with Gasteiger partial charge < -0.3 is 10.6 Å². The van der Waals surface area contributed by atoms with Crippen molar-refractivity contribution in [3.63, 3.8) is 0 Å². The number of rotatable bonds is 4. The number of halogens is 1. The summed E-state index contributed by atoms with van der Waals surface area (Å²) in [6, 6.07) is 6.42. The SMILES string of the molecule is NCc1ccc(Br)cc1N1CCN(CC2CC2)CC1. The smallest absolute Gasteiger partial charge is 0.0423 e. The first-order valence-electron chi connectivity index (χ1n) is 7.22. The predicted octanol–water partition coefficient (Wildman–Crippen LogP) is 2.44. The van der Waals surface area contributed by atoms with Crippen LogP contribution in [0.3, 0.4) is 0 Å². The highest BCUT2D eigenvalue weighted by molar-refractivity contribution is 9.10. The van der Waals surface area contributed by atoms with E-state index in [0.29, 0.717) is 6.54 Å². The van der Waals surface area contributed by atoms with Crippen LogP contribution in [0.5, 0.6) is 0 Å². The van der Waals surface area contributed by atoms with Gasteiger partial charge in [-0.25, -0.2) is 0 Å². The van der Waals surface area contributed by atoms with Crippen LogP contribution in [-0.2, 0) is 6.54 Å². The van der Waals surface area contributed by atoms with Crippen LogP contribution in [0, 0.1) is 5.92 Å². The molecule has 104 valence electrons. The first-order chi connectivity index (χ1) is 9.26. The Morgan fingerprint density at radius 1 is 1.16 bits per heavy atom. The molecule has 1 aromatic rings. The van der Waals surface area contributed by atoms with Gasteiger partial charge in [0.05, 0.1) is 0 Å². The fourth-order valence-electron chi connectivity index (χ4n) is 2.84. The van der Waals surface area contributed by atoms with Crippen LogP contribution in [-0.4, -0.2) is 37.6 Å². The maximum atomic E-state index is 5.86. The Hall–Kier alpha value is -0.580. The third-order valence-electron chi connectivity index (χ3n) is 4.19. The Morgan fingerprint density at radius 2 is 1.89 bits per heavy atom. The van der Waals surface area contributed by atoms with Crippen molar-refractivity contribution in [1.82, 2.24) is 4.90 Å². The molecule has 1 aromatic carbocycles. The highest BCUT2D eigenvalue weighted by atomic mass is 79.9. The van der Waals surface area contributed by atoms with Crippen molar-refractivity contribution in [3.8, 4) is 0 Å². The van der Waals surface area contributed by atoms with E-state index in [1.807, 2.05) is 0 Å². The topological polar surface area (TPSA) is 32.5 Å². The second-order valence-electron chi connectivity index (χ2n) is 5.71. The zero-order valence-electron chi connectivity index (χ0n) is 11.3. The van der Waals surface area contributed by atoms with Crippen molar-refractivity contribution in [2.24, 2.45) is 11.7 Å². The number of nitrogens with two attached hydrogens (primary N) is 1. The van der Waals surface area contributed by atoms with E-state index in [2.05, 4.69) is 43.9 Å². The van der Waals surface area contributed by atoms with E-state index >= 15 is 0 Å². The highest BCUT2D eigenvalue weighted by Gasteiger charge is 2.26. The summed E-state index contributed by atoms with van der Waals surface area (Å²) >= 11 is 3.57. The Bertz CT molecular complexity index is 437. The average Bonchev–Trinajstić information content (AvgIpc) is 3.23. The molecule has 1 heterocycles. The molecule has 1 aliphatic carbocycles. The molecule has 2 aliphatic rings. The quantitative estimate of drug-likeness (QED) is 0.923. The number of benzene rings is 1. The minimum Gasteiger partial charge on any atom is -0.369 e. The number of anilines is 1. The molecule has 0 spiro atoms. The van der Waals surface area contributed by atoms with Crippen molar-refractivity contribution in [1.29, 1.82) is 0 Å². The van der Waals surface area contributed by atoms with Crippen LogP contribution < -0.4 is 10.6 Å². The first kappa shape index (κ1) is 13.4. The van der Waals surface area contributed by atoms with Gasteiger partial charge in [-0.15, -0.1) is 0 Å². The van der Waals surface area contributed by atoms with E-state index in [4.69, 9.17) is 5.73 Å². The molecule has 0 aromatic heterocycles. The highest BCUT2D eigenvalue weighted by Crippen LogP contribution is 2.31. The molecule has 0 atom stereocenters. The fourth-order valence-corrected chi connectivity index (χ4v) is 3.19. The lowest BCUT2D eigenvalue weighted by Crippen LogP contribution is -2.47. The van der Waals surface area contributed by atoms with Crippen molar-refractivity contribution in [3.05, 3.63) is 28.2 Å². The number of hydrogen-bond acceptors (Lipinski definition) is 3.